The van der Waals surface area contributed by atoms with Crippen LogP contribution in [0.5, 0.6) is 0 Å². The van der Waals surface area contributed by atoms with Gasteiger partial charge < -0.3 is 14.7 Å². The summed E-state index contributed by atoms with van der Waals surface area (Å²) in [5, 5.41) is 9.62. The van der Waals surface area contributed by atoms with Gasteiger partial charge in [-0.15, -0.1) is 0 Å². The maximum absolute atomic E-state index is 12.5. The number of nitrogens with zero attached hydrogens (tertiary/aromatic N) is 1. The fourth-order valence-corrected chi connectivity index (χ4v) is 3.91. The third-order valence-electron chi connectivity index (χ3n) is 5.25. The average molecular weight is 303 g/mol. The molecule has 120 valence electrons. The molecule has 1 aromatic rings. The van der Waals surface area contributed by atoms with Crippen molar-refractivity contribution in [3.63, 3.8) is 0 Å². The van der Waals surface area contributed by atoms with Crippen molar-refractivity contribution in [3.05, 3.63) is 35.4 Å². The number of aliphatic hydroxyl groups excluding tert-OH is 1. The summed E-state index contributed by atoms with van der Waals surface area (Å²) in [6, 6.07) is 8.81. The van der Waals surface area contributed by atoms with E-state index in [-0.39, 0.29) is 18.7 Å². The van der Waals surface area contributed by atoms with Crippen LogP contribution >= 0.6 is 0 Å². The Morgan fingerprint density at radius 3 is 2.64 bits per heavy atom. The van der Waals surface area contributed by atoms with Gasteiger partial charge in [0, 0.05) is 12.1 Å². The number of aryl methyl sites for hydroxylation is 1. The van der Waals surface area contributed by atoms with Crippen LogP contribution in [-0.4, -0.2) is 47.8 Å². The Balaban J connectivity index is 1.66. The van der Waals surface area contributed by atoms with Crippen LogP contribution in [0, 0.1) is 6.92 Å². The maximum atomic E-state index is 12.5. The van der Waals surface area contributed by atoms with E-state index < -0.39 is 5.92 Å². The molecule has 3 rings (SSSR count). The van der Waals surface area contributed by atoms with Crippen molar-refractivity contribution in [2.24, 2.45) is 0 Å². The quantitative estimate of drug-likeness (QED) is 0.867. The van der Waals surface area contributed by atoms with E-state index in [0.717, 1.165) is 24.0 Å². The van der Waals surface area contributed by atoms with Crippen molar-refractivity contribution in [2.75, 3.05) is 13.7 Å². The number of hydrogen-bond donors (Lipinski definition) is 1. The van der Waals surface area contributed by atoms with Crippen molar-refractivity contribution in [1.29, 1.82) is 0 Å². The molecule has 2 bridgehead atoms. The lowest BCUT2D eigenvalue weighted by Crippen LogP contribution is -2.43. The van der Waals surface area contributed by atoms with Gasteiger partial charge in [-0.05, 0) is 45.2 Å². The minimum Gasteiger partial charge on any atom is -0.462 e. The minimum atomic E-state index is -0.572. The summed E-state index contributed by atoms with van der Waals surface area (Å²) in [6.07, 6.45) is 4.25. The van der Waals surface area contributed by atoms with E-state index in [0.29, 0.717) is 12.1 Å². The van der Waals surface area contributed by atoms with Crippen LogP contribution in [0.15, 0.2) is 24.3 Å². The van der Waals surface area contributed by atoms with E-state index in [4.69, 9.17) is 4.74 Å². The number of esters is 1. The fourth-order valence-electron chi connectivity index (χ4n) is 3.91. The minimum absolute atomic E-state index is 0.0000548. The highest BCUT2D eigenvalue weighted by Gasteiger charge is 2.40. The molecule has 4 nitrogen and oxygen atoms in total. The Morgan fingerprint density at radius 2 is 2.05 bits per heavy atom. The molecule has 2 unspecified atom stereocenters. The van der Waals surface area contributed by atoms with Crippen molar-refractivity contribution >= 4 is 5.97 Å². The van der Waals surface area contributed by atoms with Crippen LogP contribution in [0.3, 0.4) is 0 Å². The largest absolute Gasteiger partial charge is 0.462 e. The lowest BCUT2D eigenvalue weighted by Gasteiger charge is -2.36. The Hall–Kier alpha value is -1.39. The Labute approximate surface area is 132 Å². The summed E-state index contributed by atoms with van der Waals surface area (Å²) < 4.78 is 5.74. The van der Waals surface area contributed by atoms with Crippen LogP contribution in [0.25, 0.3) is 0 Å². The summed E-state index contributed by atoms with van der Waals surface area (Å²) >= 11 is 0. The van der Waals surface area contributed by atoms with Gasteiger partial charge in [-0.2, -0.15) is 0 Å². The van der Waals surface area contributed by atoms with Crippen LogP contribution < -0.4 is 0 Å². The molecule has 2 aliphatic heterocycles. The molecule has 1 N–H and O–H groups in total. The molecular weight excluding hydrogens is 278 g/mol. The number of fused-ring (bicyclic) bond motifs is 2. The lowest BCUT2D eigenvalue weighted by molar-refractivity contribution is -0.155. The SMILES string of the molecule is Cc1cccc([C@H](CO)C(=O)OC2CC3CCC(C2)N3C)c1. The summed E-state index contributed by atoms with van der Waals surface area (Å²) in [7, 11) is 2.17. The van der Waals surface area contributed by atoms with Gasteiger partial charge in [0.05, 0.1) is 6.61 Å². The zero-order valence-corrected chi connectivity index (χ0v) is 13.4. The van der Waals surface area contributed by atoms with Crippen LogP contribution in [0.1, 0.15) is 42.7 Å². The molecule has 2 aliphatic rings. The second kappa shape index (κ2) is 6.39. The van der Waals surface area contributed by atoms with Crippen molar-refractivity contribution in [1.82, 2.24) is 4.90 Å². The highest BCUT2D eigenvalue weighted by atomic mass is 16.5. The molecule has 0 saturated carbocycles. The average Bonchev–Trinajstić information content (AvgIpc) is 2.71. The van der Waals surface area contributed by atoms with Gasteiger partial charge in [0.1, 0.15) is 12.0 Å². The number of aliphatic hydroxyl groups is 1. The van der Waals surface area contributed by atoms with Gasteiger partial charge in [-0.25, -0.2) is 0 Å². The molecule has 0 spiro atoms. The highest BCUT2D eigenvalue weighted by Crippen LogP contribution is 2.36. The van der Waals surface area contributed by atoms with E-state index in [1.54, 1.807) is 0 Å². The standard InChI is InChI=1S/C18H25NO3/c1-12-4-3-5-13(8-12)17(11-20)18(21)22-16-9-14-6-7-15(10-16)19(14)2/h3-5,8,14-17,20H,6-7,9-11H2,1-2H3/t14?,15?,16?,17-/m0/s1. The zero-order chi connectivity index (χ0) is 15.7. The van der Waals surface area contributed by atoms with Crippen molar-refractivity contribution in [3.8, 4) is 0 Å². The molecule has 4 heteroatoms. The molecule has 22 heavy (non-hydrogen) atoms. The number of rotatable bonds is 4. The number of hydrogen-bond acceptors (Lipinski definition) is 4. The molecular formula is C18H25NO3. The van der Waals surface area contributed by atoms with Gasteiger partial charge in [0.25, 0.3) is 0 Å². The van der Waals surface area contributed by atoms with Gasteiger partial charge in [0.15, 0.2) is 0 Å². The van der Waals surface area contributed by atoms with E-state index in [1.807, 2.05) is 31.2 Å². The maximum Gasteiger partial charge on any atom is 0.316 e. The Kier molecular flexibility index (Phi) is 4.50. The number of piperidine rings is 1. The van der Waals surface area contributed by atoms with Crippen LogP contribution in [-0.2, 0) is 9.53 Å². The predicted octanol–water partition coefficient (Wildman–Crippen LogP) is 2.24. The first kappa shape index (κ1) is 15.5. The van der Waals surface area contributed by atoms with Crippen LogP contribution in [0.4, 0.5) is 0 Å². The van der Waals surface area contributed by atoms with E-state index in [1.165, 1.54) is 12.8 Å². The summed E-state index contributed by atoms with van der Waals surface area (Å²) in [4.78, 5) is 14.9. The topological polar surface area (TPSA) is 49.8 Å². The molecule has 3 atom stereocenters. The molecule has 0 radical (unpaired) electrons. The number of benzene rings is 1. The lowest BCUT2D eigenvalue weighted by atomic mass is 9.97. The molecule has 0 aromatic heterocycles. The summed E-state index contributed by atoms with van der Waals surface area (Å²) in [6.45, 7) is 1.78. The van der Waals surface area contributed by atoms with Gasteiger partial charge >= 0.3 is 5.97 Å². The Morgan fingerprint density at radius 1 is 1.36 bits per heavy atom. The summed E-state index contributed by atoms with van der Waals surface area (Å²) in [5.74, 6) is -0.862. The molecule has 2 heterocycles. The predicted molar refractivity (Wildman–Crippen MR) is 84.7 cm³/mol. The first-order valence-electron chi connectivity index (χ1n) is 8.18. The number of carbonyl (C=O) groups is 1. The second-order valence-electron chi connectivity index (χ2n) is 6.73. The van der Waals surface area contributed by atoms with E-state index in [9.17, 15) is 9.90 Å². The fraction of sp³-hybridized carbons (Fsp3) is 0.611. The molecule has 1 aromatic carbocycles. The molecule has 0 aliphatic carbocycles. The normalized spacial score (nSPS) is 29.3. The second-order valence-corrected chi connectivity index (χ2v) is 6.73. The first-order chi connectivity index (χ1) is 10.6. The van der Waals surface area contributed by atoms with Gasteiger partial charge in [0.2, 0.25) is 0 Å². The van der Waals surface area contributed by atoms with E-state index in [2.05, 4.69) is 11.9 Å². The summed E-state index contributed by atoms with van der Waals surface area (Å²) in [5.41, 5.74) is 1.92. The zero-order valence-electron chi connectivity index (χ0n) is 13.4. The highest BCUT2D eigenvalue weighted by molar-refractivity contribution is 5.78. The molecule has 2 saturated heterocycles. The number of carbonyl (C=O) groups excluding carboxylic acids is 1. The molecule has 0 amide bonds. The van der Waals surface area contributed by atoms with Crippen molar-refractivity contribution in [2.45, 2.75) is 56.7 Å². The third-order valence-corrected chi connectivity index (χ3v) is 5.25. The monoisotopic (exact) mass is 303 g/mol. The van der Waals surface area contributed by atoms with Gasteiger partial charge in [-0.1, -0.05) is 29.8 Å². The van der Waals surface area contributed by atoms with Crippen molar-refractivity contribution < 1.29 is 14.6 Å². The van der Waals surface area contributed by atoms with Gasteiger partial charge in [-0.3, -0.25) is 4.79 Å². The Bertz CT molecular complexity index is 531. The van der Waals surface area contributed by atoms with E-state index >= 15 is 0 Å². The number of ether oxygens (including phenoxy) is 1. The van der Waals surface area contributed by atoms with Crippen LogP contribution in [0.2, 0.25) is 0 Å². The smallest absolute Gasteiger partial charge is 0.316 e. The first-order valence-corrected chi connectivity index (χ1v) is 8.18. The molecule has 2 fully saturated rings. The third kappa shape index (κ3) is 3.03.